The molecule has 0 atom stereocenters. The van der Waals surface area contributed by atoms with Crippen molar-refractivity contribution < 1.29 is 0 Å². The molecule has 0 unspecified atom stereocenters. The van der Waals surface area contributed by atoms with Crippen molar-refractivity contribution in [3.63, 3.8) is 0 Å². The van der Waals surface area contributed by atoms with Crippen LogP contribution in [0.2, 0.25) is 0 Å². The molecule has 0 N–H and O–H groups in total. The second-order valence-corrected chi connectivity index (χ2v) is 7.92. The Morgan fingerprint density at radius 1 is 0.889 bits per heavy atom. The molecule has 4 heterocycles. The third-order valence-electron chi connectivity index (χ3n) is 4.87. The second kappa shape index (κ2) is 5.17. The van der Waals surface area contributed by atoms with Crippen molar-refractivity contribution in [1.82, 2.24) is 29.5 Å². The van der Waals surface area contributed by atoms with Gasteiger partial charge in [-0.15, -0.1) is 0 Å². The van der Waals surface area contributed by atoms with Gasteiger partial charge >= 0.3 is 0 Å². The van der Waals surface area contributed by atoms with E-state index in [4.69, 9.17) is 20.1 Å². The molecule has 0 fully saturated rings. The molecule has 0 saturated heterocycles. The van der Waals surface area contributed by atoms with Crippen molar-refractivity contribution in [2.24, 2.45) is 0 Å². The lowest BCUT2D eigenvalue weighted by Crippen LogP contribution is -1.99. The van der Waals surface area contributed by atoms with E-state index >= 15 is 0 Å². The second-order valence-electron chi connectivity index (χ2n) is 6.96. The molecule has 0 aliphatic carbocycles. The molecule has 2 aliphatic rings. The van der Waals surface area contributed by atoms with E-state index < -0.39 is 0 Å². The van der Waals surface area contributed by atoms with E-state index in [0.717, 1.165) is 43.1 Å². The van der Waals surface area contributed by atoms with Gasteiger partial charge in [0.1, 0.15) is 5.69 Å². The minimum Gasteiger partial charge on any atom is -0.232 e. The predicted octanol–water partition coefficient (Wildman–Crippen LogP) is 4.66. The van der Waals surface area contributed by atoms with E-state index in [1.807, 2.05) is 24.3 Å². The van der Waals surface area contributed by atoms with Gasteiger partial charge in [-0.05, 0) is 35.7 Å². The summed E-state index contributed by atoms with van der Waals surface area (Å²) in [4.78, 5) is 20.5. The average Bonchev–Trinajstić information content (AvgIpc) is 3.20. The molecule has 7 heteroatoms. The van der Waals surface area contributed by atoms with Crippen molar-refractivity contribution in [3.8, 4) is 11.5 Å². The van der Waals surface area contributed by atoms with Crippen LogP contribution in [-0.4, -0.2) is 29.5 Å². The lowest BCUT2D eigenvalue weighted by molar-refractivity contribution is 0.868. The summed E-state index contributed by atoms with van der Waals surface area (Å²) in [5.41, 5.74) is 5.46. The summed E-state index contributed by atoms with van der Waals surface area (Å²) in [6.07, 6.45) is 0. The summed E-state index contributed by atoms with van der Waals surface area (Å²) in [5, 5.41) is 5.89. The quantitative estimate of drug-likeness (QED) is 0.421. The number of aromatic nitrogens is 6. The number of rotatable bonds is 1. The van der Waals surface area contributed by atoms with Crippen LogP contribution in [0.25, 0.3) is 48.9 Å². The number of thiazole rings is 1. The first-order valence-electron chi connectivity index (χ1n) is 8.83. The summed E-state index contributed by atoms with van der Waals surface area (Å²) in [6.45, 7) is 4.37. The molecular weight excluding hydrogens is 356 g/mol. The molecule has 6 rings (SSSR count). The van der Waals surface area contributed by atoms with E-state index in [2.05, 4.69) is 37.0 Å². The summed E-state index contributed by atoms with van der Waals surface area (Å²) >= 11 is 1.49. The zero-order valence-corrected chi connectivity index (χ0v) is 15.5. The number of para-hydroxylation sites is 2. The highest BCUT2D eigenvalue weighted by Crippen LogP contribution is 2.33. The Hall–Kier alpha value is -3.19. The van der Waals surface area contributed by atoms with Gasteiger partial charge in [-0.2, -0.15) is 14.6 Å². The molecule has 27 heavy (non-hydrogen) atoms. The van der Waals surface area contributed by atoms with Crippen LogP contribution in [0.3, 0.4) is 0 Å². The zero-order chi connectivity index (χ0) is 18.1. The molecule has 0 saturated carbocycles. The molecule has 0 bridgehead atoms. The van der Waals surface area contributed by atoms with Gasteiger partial charge in [0.2, 0.25) is 4.96 Å². The van der Waals surface area contributed by atoms with Gasteiger partial charge < -0.3 is 0 Å². The van der Waals surface area contributed by atoms with Gasteiger partial charge in [-0.3, -0.25) is 0 Å². The Balaban J connectivity index is 1.73. The van der Waals surface area contributed by atoms with Crippen molar-refractivity contribution >= 4 is 48.7 Å². The Morgan fingerprint density at radius 3 is 2.52 bits per heavy atom. The first-order valence-corrected chi connectivity index (χ1v) is 9.64. The highest BCUT2D eigenvalue weighted by Gasteiger charge is 2.20. The van der Waals surface area contributed by atoms with E-state index in [9.17, 15) is 0 Å². The van der Waals surface area contributed by atoms with E-state index in [-0.39, 0.29) is 0 Å². The smallest absolute Gasteiger partial charge is 0.216 e. The summed E-state index contributed by atoms with van der Waals surface area (Å²) in [5.74, 6) is 1.12. The van der Waals surface area contributed by atoms with Gasteiger partial charge in [0.15, 0.2) is 16.3 Å². The minimum atomic E-state index is 0.447. The topological polar surface area (TPSA) is 68.9 Å². The summed E-state index contributed by atoms with van der Waals surface area (Å²) in [7, 11) is 0. The molecule has 2 aliphatic heterocycles. The normalized spacial score (nSPS) is 12.4. The first kappa shape index (κ1) is 14.9. The Labute approximate surface area is 157 Å². The van der Waals surface area contributed by atoms with Crippen LogP contribution in [-0.2, 0) is 0 Å². The third kappa shape index (κ3) is 2.09. The zero-order valence-electron chi connectivity index (χ0n) is 14.7. The monoisotopic (exact) mass is 370 g/mol. The average molecular weight is 370 g/mol. The van der Waals surface area contributed by atoms with Gasteiger partial charge in [-0.25, -0.2) is 15.0 Å². The van der Waals surface area contributed by atoms with Crippen molar-refractivity contribution in [2.45, 2.75) is 19.8 Å². The van der Waals surface area contributed by atoms with Crippen LogP contribution in [0, 0.1) is 0 Å². The van der Waals surface area contributed by atoms with Gasteiger partial charge in [-0.1, -0.05) is 43.4 Å². The molecule has 2 aromatic heterocycles. The number of fused-ring (bicyclic) bond motifs is 7. The van der Waals surface area contributed by atoms with E-state index in [0.29, 0.717) is 11.7 Å². The fraction of sp³-hybridized carbons (Fsp3) is 0.150. The molecule has 0 amide bonds. The number of nitrogens with zero attached hydrogens (tertiary/aromatic N) is 6. The molecule has 6 nitrogen and oxygen atoms in total. The highest BCUT2D eigenvalue weighted by atomic mass is 32.1. The molecule has 0 spiro atoms. The fourth-order valence-electron chi connectivity index (χ4n) is 3.42. The summed E-state index contributed by atoms with van der Waals surface area (Å²) in [6, 6.07) is 14.2. The van der Waals surface area contributed by atoms with E-state index in [1.54, 1.807) is 4.52 Å². The van der Waals surface area contributed by atoms with Crippen LogP contribution in [0.4, 0.5) is 0 Å². The maximum Gasteiger partial charge on any atom is 0.216 e. The maximum absolute atomic E-state index is 4.86. The van der Waals surface area contributed by atoms with Crippen LogP contribution < -0.4 is 0 Å². The number of hydrogen-bond acceptors (Lipinski definition) is 6. The first-order chi connectivity index (χ1) is 13.2. The SMILES string of the molecule is CC(C)c1ccc2nc3nc4sc5nc6ccccc6nc5n4nc-3c2c1. The van der Waals surface area contributed by atoms with Crippen molar-refractivity contribution in [3.05, 3.63) is 48.0 Å². The van der Waals surface area contributed by atoms with Crippen molar-refractivity contribution in [2.75, 3.05) is 0 Å². The highest BCUT2D eigenvalue weighted by molar-refractivity contribution is 7.23. The Morgan fingerprint density at radius 2 is 1.70 bits per heavy atom. The minimum absolute atomic E-state index is 0.447. The molecular formula is C20H14N6S. The van der Waals surface area contributed by atoms with Crippen LogP contribution in [0.5, 0.6) is 0 Å². The molecule has 0 radical (unpaired) electrons. The van der Waals surface area contributed by atoms with Gasteiger partial charge in [0.25, 0.3) is 0 Å². The molecule has 4 aromatic rings. The molecule has 2 aromatic carbocycles. The predicted molar refractivity (Wildman–Crippen MR) is 107 cm³/mol. The largest absolute Gasteiger partial charge is 0.232 e. The molecule has 130 valence electrons. The van der Waals surface area contributed by atoms with Crippen LogP contribution in [0.1, 0.15) is 25.3 Å². The number of hydrogen-bond donors (Lipinski definition) is 0. The standard InChI is InChI=1S/C20H14N6S/c1-10(2)11-7-8-13-12(9-11)16-17(21-13)24-20-26(25-16)18-19(27-20)23-15-6-4-3-5-14(15)22-18/h3-10H,1-2H3. The Kier molecular flexibility index (Phi) is 2.86. The van der Waals surface area contributed by atoms with Crippen LogP contribution >= 0.6 is 11.3 Å². The Bertz CT molecular complexity index is 1460. The maximum atomic E-state index is 4.86. The van der Waals surface area contributed by atoms with E-state index in [1.165, 1.54) is 16.9 Å². The van der Waals surface area contributed by atoms with Crippen LogP contribution in [0.15, 0.2) is 42.5 Å². The lowest BCUT2D eigenvalue weighted by atomic mass is 10.0. The lowest BCUT2D eigenvalue weighted by Gasteiger charge is -2.04. The third-order valence-corrected chi connectivity index (χ3v) is 5.79. The van der Waals surface area contributed by atoms with Crippen molar-refractivity contribution in [1.29, 1.82) is 0 Å². The fourth-order valence-corrected chi connectivity index (χ4v) is 4.30. The van der Waals surface area contributed by atoms with Gasteiger partial charge in [0.05, 0.1) is 16.6 Å². The summed E-state index contributed by atoms with van der Waals surface area (Å²) < 4.78 is 1.80. The number of benzene rings is 2. The van der Waals surface area contributed by atoms with Gasteiger partial charge in [0, 0.05) is 5.39 Å².